The molecule has 2 N–H and O–H groups in total. The van der Waals surface area contributed by atoms with Crippen LogP contribution in [0.1, 0.15) is 53.6 Å². The summed E-state index contributed by atoms with van der Waals surface area (Å²) >= 11 is 0. The minimum atomic E-state index is -4.42. The second-order valence-corrected chi connectivity index (χ2v) is 10.2. The normalized spacial score (nSPS) is 18.8. The lowest BCUT2D eigenvalue weighted by molar-refractivity contribution is -0.137. The van der Waals surface area contributed by atoms with E-state index in [1.807, 2.05) is 12.1 Å². The average molecular weight is 523 g/mol. The molecular weight excluding hydrogens is 497 g/mol. The number of hydrogen-bond acceptors (Lipinski definition) is 5. The lowest BCUT2D eigenvalue weighted by atomic mass is 9.78. The van der Waals surface area contributed by atoms with E-state index in [1.165, 1.54) is 6.07 Å². The topological polar surface area (TPSA) is 91.3 Å². The van der Waals surface area contributed by atoms with E-state index in [9.17, 15) is 23.1 Å². The van der Waals surface area contributed by atoms with Crippen molar-refractivity contribution < 1.29 is 27.8 Å². The van der Waals surface area contributed by atoms with Crippen LogP contribution in [0, 0.1) is 0 Å². The highest BCUT2D eigenvalue weighted by Gasteiger charge is 2.42. The fraction of sp³-hybridized carbons (Fsp3) is 0.321. The number of pyridine rings is 1. The third-order valence-corrected chi connectivity index (χ3v) is 7.62. The maximum absolute atomic E-state index is 13.0. The van der Waals surface area contributed by atoms with Crippen molar-refractivity contribution in [2.24, 2.45) is 0 Å². The van der Waals surface area contributed by atoms with E-state index in [-0.39, 0.29) is 22.6 Å². The quantitative estimate of drug-likeness (QED) is 0.330. The highest BCUT2D eigenvalue weighted by atomic mass is 19.4. The number of fused-ring (bicyclic) bond motifs is 2. The molecule has 7 nitrogen and oxygen atoms in total. The van der Waals surface area contributed by atoms with Gasteiger partial charge in [-0.25, -0.2) is 14.8 Å². The Bertz CT molecular complexity index is 1520. The highest BCUT2D eigenvalue weighted by Crippen LogP contribution is 2.45. The van der Waals surface area contributed by atoms with Gasteiger partial charge in [-0.1, -0.05) is 6.92 Å². The summed E-state index contributed by atoms with van der Waals surface area (Å²) in [5, 5.41) is 9.31. The number of nitrogens with one attached hydrogen (secondary N) is 1. The first-order valence-corrected chi connectivity index (χ1v) is 12.4. The number of benzene rings is 2. The van der Waals surface area contributed by atoms with Crippen molar-refractivity contribution in [3.05, 3.63) is 71.4 Å². The summed E-state index contributed by atoms with van der Waals surface area (Å²) in [7, 11) is 0. The van der Waals surface area contributed by atoms with E-state index in [1.54, 1.807) is 24.4 Å². The van der Waals surface area contributed by atoms with Crippen molar-refractivity contribution in [3.8, 4) is 17.1 Å². The summed E-state index contributed by atoms with van der Waals surface area (Å²) < 4.78 is 45.6. The number of carboxylic acid groups (broad SMARTS) is 1. The van der Waals surface area contributed by atoms with Gasteiger partial charge in [-0.05, 0) is 66.4 Å². The van der Waals surface area contributed by atoms with Crippen LogP contribution in [0.4, 0.5) is 19.0 Å². The molecule has 0 radical (unpaired) electrons. The maximum Gasteiger partial charge on any atom is 0.416 e. The maximum atomic E-state index is 13.0. The van der Waals surface area contributed by atoms with Gasteiger partial charge in [-0.2, -0.15) is 13.2 Å². The molecule has 10 heteroatoms. The second-order valence-electron chi connectivity index (χ2n) is 10.2. The molecule has 2 aromatic carbocycles. The van der Waals surface area contributed by atoms with E-state index < -0.39 is 17.7 Å². The van der Waals surface area contributed by atoms with Gasteiger partial charge in [0.2, 0.25) is 0 Å². The van der Waals surface area contributed by atoms with E-state index in [4.69, 9.17) is 4.74 Å². The SMILES string of the molecule is CC1CC2(CCN(c3ccc(-c4nc5cc(C(F)(F)F)ccc5[nH]4)cn3)CC2)Oc2ccc(C(=O)O)cc21. The minimum Gasteiger partial charge on any atom is -0.487 e. The van der Waals surface area contributed by atoms with Crippen LogP contribution in [0.25, 0.3) is 22.4 Å². The number of imidazole rings is 1. The van der Waals surface area contributed by atoms with Crippen molar-refractivity contribution in [2.75, 3.05) is 18.0 Å². The van der Waals surface area contributed by atoms with Crippen molar-refractivity contribution in [1.29, 1.82) is 0 Å². The Hall–Kier alpha value is -4.08. The average Bonchev–Trinajstić information content (AvgIpc) is 3.32. The number of anilines is 1. The van der Waals surface area contributed by atoms with Gasteiger partial charge in [0.15, 0.2) is 0 Å². The van der Waals surface area contributed by atoms with Crippen LogP contribution in [0.3, 0.4) is 0 Å². The first-order valence-electron chi connectivity index (χ1n) is 12.4. The number of rotatable bonds is 3. The predicted octanol–water partition coefficient (Wildman–Crippen LogP) is 6.27. The molecule has 196 valence electrons. The molecular formula is C28H25F3N4O3. The molecule has 2 aromatic heterocycles. The van der Waals surface area contributed by atoms with Crippen LogP contribution in [0.15, 0.2) is 54.7 Å². The molecule has 1 spiro atoms. The fourth-order valence-corrected chi connectivity index (χ4v) is 5.58. The van der Waals surface area contributed by atoms with Crippen LogP contribution >= 0.6 is 0 Å². The molecule has 6 rings (SSSR count). The van der Waals surface area contributed by atoms with Gasteiger partial charge in [0, 0.05) is 37.7 Å². The van der Waals surface area contributed by atoms with Gasteiger partial charge >= 0.3 is 12.1 Å². The molecule has 1 atom stereocenters. The minimum absolute atomic E-state index is 0.193. The number of aromatic amines is 1. The zero-order valence-electron chi connectivity index (χ0n) is 20.5. The van der Waals surface area contributed by atoms with Gasteiger partial charge in [0.1, 0.15) is 23.0 Å². The number of aromatic carboxylic acids is 1. The number of halogens is 3. The standard InChI is InChI=1S/C28H25F3N4O3/c1-16-14-27(38-23-6-2-17(26(36)37)12-20(16)23)8-10-35(11-9-27)24-7-3-18(15-32-24)25-33-21-5-4-19(28(29,30)31)13-22(21)34-25/h2-7,12-13,15-16H,8-11,14H2,1H3,(H,33,34)(H,36,37). The fourth-order valence-electron chi connectivity index (χ4n) is 5.58. The number of ether oxygens (including phenoxy) is 1. The summed E-state index contributed by atoms with van der Waals surface area (Å²) in [6, 6.07) is 12.3. The van der Waals surface area contributed by atoms with Gasteiger partial charge in [0.05, 0.1) is 22.2 Å². The summed E-state index contributed by atoms with van der Waals surface area (Å²) in [5.41, 5.74) is 1.65. The number of hydrogen-bond donors (Lipinski definition) is 2. The molecule has 0 bridgehead atoms. The molecule has 4 aromatic rings. The molecule has 2 aliphatic rings. The van der Waals surface area contributed by atoms with Crippen LogP contribution in [-0.2, 0) is 6.18 Å². The third-order valence-electron chi connectivity index (χ3n) is 7.62. The smallest absolute Gasteiger partial charge is 0.416 e. The molecule has 0 amide bonds. The van der Waals surface area contributed by atoms with Crippen LogP contribution in [-0.4, -0.2) is 44.7 Å². The van der Waals surface area contributed by atoms with Crippen LogP contribution in [0.2, 0.25) is 0 Å². The lowest BCUT2D eigenvalue weighted by Crippen LogP contribution is -2.50. The zero-order valence-corrected chi connectivity index (χ0v) is 20.5. The molecule has 4 heterocycles. The number of H-pyrrole nitrogens is 1. The Balaban J connectivity index is 1.15. The Morgan fingerprint density at radius 3 is 2.61 bits per heavy atom. The summed E-state index contributed by atoms with van der Waals surface area (Å²) in [6.45, 7) is 3.63. The van der Waals surface area contributed by atoms with Gasteiger partial charge in [-0.15, -0.1) is 0 Å². The molecule has 1 fully saturated rings. The Morgan fingerprint density at radius 1 is 1.13 bits per heavy atom. The Labute approximate surface area is 216 Å². The number of carbonyl (C=O) groups is 1. The highest BCUT2D eigenvalue weighted by molar-refractivity contribution is 5.88. The van der Waals surface area contributed by atoms with E-state index in [0.29, 0.717) is 16.9 Å². The molecule has 1 unspecified atom stereocenters. The van der Waals surface area contributed by atoms with Gasteiger partial charge in [-0.3, -0.25) is 0 Å². The summed E-state index contributed by atoms with van der Waals surface area (Å²) in [6.07, 6.45) is -0.293. The second kappa shape index (κ2) is 8.75. The van der Waals surface area contributed by atoms with E-state index in [0.717, 1.165) is 61.6 Å². The monoisotopic (exact) mass is 522 g/mol. The molecule has 2 aliphatic heterocycles. The van der Waals surface area contributed by atoms with Gasteiger partial charge in [0.25, 0.3) is 0 Å². The predicted molar refractivity (Wildman–Crippen MR) is 136 cm³/mol. The van der Waals surface area contributed by atoms with E-state index >= 15 is 0 Å². The van der Waals surface area contributed by atoms with Crippen LogP contribution in [0.5, 0.6) is 5.75 Å². The van der Waals surface area contributed by atoms with Crippen molar-refractivity contribution >= 4 is 22.8 Å². The van der Waals surface area contributed by atoms with Crippen molar-refractivity contribution in [2.45, 2.75) is 43.9 Å². The number of nitrogens with zero attached hydrogens (tertiary/aromatic N) is 3. The summed E-state index contributed by atoms with van der Waals surface area (Å²) in [5.74, 6) is 1.29. The van der Waals surface area contributed by atoms with Crippen LogP contribution < -0.4 is 9.64 Å². The molecule has 38 heavy (non-hydrogen) atoms. The largest absolute Gasteiger partial charge is 0.487 e. The number of carboxylic acids is 1. The van der Waals surface area contributed by atoms with Crippen molar-refractivity contribution in [1.82, 2.24) is 15.0 Å². The lowest BCUT2D eigenvalue weighted by Gasteiger charge is -2.46. The summed E-state index contributed by atoms with van der Waals surface area (Å²) in [4.78, 5) is 25.6. The first-order chi connectivity index (χ1) is 18.1. The first kappa shape index (κ1) is 24.3. The third kappa shape index (κ3) is 4.33. The molecule has 1 saturated heterocycles. The Kier molecular flexibility index (Phi) is 5.59. The van der Waals surface area contributed by atoms with Gasteiger partial charge < -0.3 is 19.7 Å². The number of piperidine rings is 1. The number of aromatic nitrogens is 3. The Morgan fingerprint density at radius 2 is 1.92 bits per heavy atom. The molecule has 0 saturated carbocycles. The molecule has 0 aliphatic carbocycles. The van der Waals surface area contributed by atoms with Crippen molar-refractivity contribution in [3.63, 3.8) is 0 Å². The van der Waals surface area contributed by atoms with E-state index in [2.05, 4.69) is 26.8 Å². The number of alkyl halides is 3. The zero-order chi connectivity index (χ0) is 26.7.